The van der Waals surface area contributed by atoms with Crippen LogP contribution in [0.3, 0.4) is 0 Å². The number of halogens is 1. The quantitative estimate of drug-likeness (QED) is 0.880. The van der Waals surface area contributed by atoms with Crippen LogP contribution in [0.25, 0.3) is 11.4 Å². The summed E-state index contributed by atoms with van der Waals surface area (Å²) in [6.07, 6.45) is 0.842. The van der Waals surface area contributed by atoms with Crippen LogP contribution in [-0.2, 0) is 6.42 Å². The first kappa shape index (κ1) is 14.9. The number of aromatic nitrogens is 2. The van der Waals surface area contributed by atoms with Crippen molar-refractivity contribution in [1.82, 2.24) is 9.97 Å². The molecule has 4 nitrogen and oxygen atoms in total. The van der Waals surface area contributed by atoms with Gasteiger partial charge in [0.05, 0.1) is 6.61 Å². The van der Waals surface area contributed by atoms with Gasteiger partial charge in [0.2, 0.25) is 0 Å². The third kappa shape index (κ3) is 3.77. The second-order valence-corrected chi connectivity index (χ2v) is 5.57. The molecule has 0 radical (unpaired) electrons. The summed E-state index contributed by atoms with van der Waals surface area (Å²) in [5, 5.41) is 12.3. The third-order valence-corrected chi connectivity index (χ3v) is 3.44. The molecule has 1 aromatic heterocycles. The maximum Gasteiger partial charge on any atom is 0.161 e. The van der Waals surface area contributed by atoms with Gasteiger partial charge in [-0.25, -0.2) is 9.97 Å². The molecule has 1 heterocycles. The first-order valence-corrected chi connectivity index (χ1v) is 7.43. The second-order valence-electron chi connectivity index (χ2n) is 4.66. The molecule has 2 N–H and O–H groups in total. The Morgan fingerprint density at radius 2 is 1.95 bits per heavy atom. The fourth-order valence-corrected chi connectivity index (χ4v) is 2.04. The minimum atomic E-state index is -0.0348. The lowest BCUT2D eigenvalue weighted by molar-refractivity contribution is 0.281. The number of benzene rings is 1. The number of hydrogen-bond donors (Lipinski definition) is 2. The lowest BCUT2D eigenvalue weighted by atomic mass is 10.2. The van der Waals surface area contributed by atoms with Crippen LogP contribution in [0.5, 0.6) is 0 Å². The molecule has 20 heavy (non-hydrogen) atoms. The molecular weight excluding hydrogens is 318 g/mol. The van der Waals surface area contributed by atoms with Crippen LogP contribution in [0, 0.1) is 0 Å². The van der Waals surface area contributed by atoms with Gasteiger partial charge in [-0.05, 0) is 25.5 Å². The zero-order valence-corrected chi connectivity index (χ0v) is 13.2. The van der Waals surface area contributed by atoms with Crippen molar-refractivity contribution in [2.24, 2.45) is 0 Å². The first-order valence-electron chi connectivity index (χ1n) is 6.63. The smallest absolute Gasteiger partial charge is 0.161 e. The van der Waals surface area contributed by atoms with Gasteiger partial charge in [-0.2, -0.15) is 0 Å². The van der Waals surface area contributed by atoms with Crippen molar-refractivity contribution in [3.63, 3.8) is 0 Å². The molecule has 0 aliphatic rings. The molecule has 0 saturated heterocycles. The van der Waals surface area contributed by atoms with Crippen LogP contribution in [0.2, 0.25) is 0 Å². The molecule has 2 aromatic rings. The van der Waals surface area contributed by atoms with Gasteiger partial charge in [-0.15, -0.1) is 0 Å². The molecule has 0 unspecified atom stereocenters. The predicted molar refractivity (Wildman–Crippen MR) is 84.7 cm³/mol. The maximum absolute atomic E-state index is 9.13. The number of anilines is 1. The van der Waals surface area contributed by atoms with Gasteiger partial charge in [0.15, 0.2) is 5.82 Å². The highest BCUT2D eigenvalue weighted by Crippen LogP contribution is 2.21. The van der Waals surface area contributed by atoms with Crippen molar-refractivity contribution in [3.05, 3.63) is 40.5 Å². The van der Waals surface area contributed by atoms with Crippen molar-refractivity contribution >= 4 is 21.7 Å². The summed E-state index contributed by atoms with van der Waals surface area (Å²) in [5.41, 5.74) is 1.95. The Bertz CT molecular complexity index is 572. The van der Waals surface area contributed by atoms with Crippen molar-refractivity contribution < 1.29 is 5.11 Å². The van der Waals surface area contributed by atoms with E-state index in [2.05, 4.69) is 38.1 Å². The van der Waals surface area contributed by atoms with Crippen molar-refractivity contribution in [2.75, 3.05) is 11.9 Å². The third-order valence-electron chi connectivity index (χ3n) is 2.91. The highest BCUT2D eigenvalue weighted by atomic mass is 79.9. The van der Waals surface area contributed by atoms with Gasteiger partial charge < -0.3 is 10.4 Å². The maximum atomic E-state index is 9.13. The summed E-state index contributed by atoms with van der Waals surface area (Å²) >= 11 is 3.42. The van der Waals surface area contributed by atoms with Crippen LogP contribution in [-0.4, -0.2) is 27.7 Å². The summed E-state index contributed by atoms with van der Waals surface area (Å²) in [4.78, 5) is 9.08. The van der Waals surface area contributed by atoms with Crippen LogP contribution in [0.4, 0.5) is 5.82 Å². The Morgan fingerprint density at radius 1 is 1.25 bits per heavy atom. The van der Waals surface area contributed by atoms with Crippen molar-refractivity contribution in [2.45, 2.75) is 26.3 Å². The van der Waals surface area contributed by atoms with E-state index in [9.17, 15) is 0 Å². The van der Waals surface area contributed by atoms with Crippen molar-refractivity contribution in [1.29, 1.82) is 0 Å². The Balaban J connectivity index is 2.37. The van der Waals surface area contributed by atoms with E-state index in [1.165, 1.54) is 0 Å². The molecule has 0 fully saturated rings. The molecule has 0 bridgehead atoms. The molecule has 0 spiro atoms. The lowest BCUT2D eigenvalue weighted by Crippen LogP contribution is -2.20. The highest BCUT2D eigenvalue weighted by molar-refractivity contribution is 9.10. The van der Waals surface area contributed by atoms with Gasteiger partial charge in [0.1, 0.15) is 5.82 Å². The molecule has 106 valence electrons. The number of aryl methyl sites for hydroxylation is 1. The van der Waals surface area contributed by atoms with E-state index in [4.69, 9.17) is 5.11 Å². The zero-order valence-electron chi connectivity index (χ0n) is 11.6. The summed E-state index contributed by atoms with van der Waals surface area (Å²) in [6, 6.07) is 9.80. The van der Waals surface area contributed by atoms with E-state index in [1.54, 1.807) is 0 Å². The number of nitrogens with one attached hydrogen (secondary N) is 1. The van der Waals surface area contributed by atoms with Gasteiger partial charge in [-0.3, -0.25) is 0 Å². The van der Waals surface area contributed by atoms with E-state index in [0.717, 1.165) is 28.0 Å². The SMILES string of the molecule is CCc1cc(N[C@H](C)CO)nc(-c2ccc(Br)cc2)n1. The van der Waals surface area contributed by atoms with Crippen LogP contribution >= 0.6 is 15.9 Å². The summed E-state index contributed by atoms with van der Waals surface area (Å²) < 4.78 is 1.03. The Hall–Kier alpha value is -1.46. The molecule has 0 aliphatic heterocycles. The predicted octanol–water partition coefficient (Wildman–Crippen LogP) is 3.26. The molecule has 0 aliphatic carbocycles. The molecular formula is C15H18BrN3O. The fraction of sp³-hybridized carbons (Fsp3) is 0.333. The number of aliphatic hydroxyl groups is 1. The normalized spacial score (nSPS) is 12.2. The molecule has 1 aromatic carbocycles. The Morgan fingerprint density at radius 3 is 2.55 bits per heavy atom. The molecule has 5 heteroatoms. The average molecular weight is 336 g/mol. The first-order chi connectivity index (χ1) is 9.62. The minimum Gasteiger partial charge on any atom is -0.394 e. The number of hydrogen-bond acceptors (Lipinski definition) is 4. The van der Waals surface area contributed by atoms with Crippen molar-refractivity contribution in [3.8, 4) is 11.4 Å². The van der Waals surface area contributed by atoms with E-state index < -0.39 is 0 Å². The van der Waals surface area contributed by atoms with Gasteiger partial charge in [0, 0.05) is 27.8 Å². The summed E-state index contributed by atoms with van der Waals surface area (Å²) in [5.74, 6) is 1.45. The second kappa shape index (κ2) is 6.81. The van der Waals surface area contributed by atoms with Crippen LogP contribution in [0.1, 0.15) is 19.5 Å². The lowest BCUT2D eigenvalue weighted by Gasteiger charge is -2.13. The monoisotopic (exact) mass is 335 g/mol. The number of aliphatic hydroxyl groups excluding tert-OH is 1. The van der Waals surface area contributed by atoms with E-state index in [-0.39, 0.29) is 12.6 Å². The molecule has 2 rings (SSSR count). The van der Waals surface area contributed by atoms with Gasteiger partial charge >= 0.3 is 0 Å². The largest absolute Gasteiger partial charge is 0.394 e. The summed E-state index contributed by atoms with van der Waals surface area (Å²) in [7, 11) is 0. The van der Waals surface area contributed by atoms with E-state index >= 15 is 0 Å². The van der Waals surface area contributed by atoms with Gasteiger partial charge in [0.25, 0.3) is 0 Å². The number of nitrogens with zero attached hydrogens (tertiary/aromatic N) is 2. The minimum absolute atomic E-state index is 0.0348. The number of rotatable bonds is 5. The zero-order chi connectivity index (χ0) is 14.5. The molecule has 0 saturated carbocycles. The topological polar surface area (TPSA) is 58.0 Å². The van der Waals surface area contributed by atoms with Crippen LogP contribution < -0.4 is 5.32 Å². The fourth-order valence-electron chi connectivity index (χ4n) is 1.78. The highest BCUT2D eigenvalue weighted by Gasteiger charge is 2.08. The Kier molecular flexibility index (Phi) is 5.09. The average Bonchev–Trinajstić information content (AvgIpc) is 2.47. The van der Waals surface area contributed by atoms with E-state index in [1.807, 2.05) is 37.3 Å². The standard InChI is InChI=1S/C15H18BrN3O/c1-3-13-8-14(17-10(2)9-20)19-15(18-13)11-4-6-12(16)7-5-11/h4-8,10,20H,3,9H2,1-2H3,(H,17,18,19)/t10-/m1/s1. The molecule has 0 amide bonds. The Labute approximate surface area is 127 Å². The molecule has 1 atom stereocenters. The van der Waals surface area contributed by atoms with Gasteiger partial charge in [-0.1, -0.05) is 35.0 Å². The van der Waals surface area contributed by atoms with E-state index in [0.29, 0.717) is 5.82 Å². The van der Waals surface area contributed by atoms with Crippen LogP contribution in [0.15, 0.2) is 34.8 Å². The summed E-state index contributed by atoms with van der Waals surface area (Å²) in [6.45, 7) is 4.04.